The van der Waals surface area contributed by atoms with Crippen molar-refractivity contribution >= 4 is 15.7 Å². The SMILES string of the molecule is COc1cccc(CNS(=O)(=O)c2ccc(N)cc2F)c1. The average Bonchev–Trinajstić information content (AvgIpc) is 2.45. The molecule has 2 aromatic rings. The van der Waals surface area contributed by atoms with Crippen molar-refractivity contribution < 1.29 is 17.5 Å². The Hall–Kier alpha value is -2.12. The number of halogens is 1. The molecule has 0 heterocycles. The van der Waals surface area contributed by atoms with Crippen LogP contribution in [0.25, 0.3) is 0 Å². The molecule has 0 saturated carbocycles. The zero-order valence-electron chi connectivity index (χ0n) is 11.3. The predicted molar refractivity (Wildman–Crippen MR) is 77.8 cm³/mol. The van der Waals surface area contributed by atoms with E-state index in [1.54, 1.807) is 24.3 Å². The van der Waals surface area contributed by atoms with E-state index in [4.69, 9.17) is 10.5 Å². The lowest BCUT2D eigenvalue weighted by atomic mass is 10.2. The van der Waals surface area contributed by atoms with Gasteiger partial charge in [0.2, 0.25) is 10.0 Å². The molecular weight excluding hydrogens is 295 g/mol. The molecule has 0 fully saturated rings. The molecule has 5 nitrogen and oxygen atoms in total. The number of nitrogens with one attached hydrogen (secondary N) is 1. The van der Waals surface area contributed by atoms with Crippen molar-refractivity contribution in [1.29, 1.82) is 0 Å². The van der Waals surface area contributed by atoms with Crippen molar-refractivity contribution in [3.05, 3.63) is 53.8 Å². The summed E-state index contributed by atoms with van der Waals surface area (Å²) in [6.45, 7) is 0.0311. The van der Waals surface area contributed by atoms with Gasteiger partial charge in [-0.05, 0) is 35.9 Å². The number of ether oxygens (including phenoxy) is 1. The molecule has 0 spiro atoms. The Kier molecular flexibility index (Phi) is 4.44. The molecule has 0 unspecified atom stereocenters. The summed E-state index contributed by atoms with van der Waals surface area (Å²) in [5.74, 6) is -0.265. The Bertz CT molecular complexity index is 748. The molecule has 0 radical (unpaired) electrons. The standard InChI is InChI=1S/C14H15FN2O3S/c1-20-12-4-2-3-10(7-12)9-17-21(18,19)14-6-5-11(16)8-13(14)15/h2-8,17H,9,16H2,1H3. The molecule has 21 heavy (non-hydrogen) atoms. The van der Waals surface area contributed by atoms with Crippen LogP contribution in [0.15, 0.2) is 47.4 Å². The van der Waals surface area contributed by atoms with Gasteiger partial charge >= 0.3 is 0 Å². The summed E-state index contributed by atoms with van der Waals surface area (Å²) in [4.78, 5) is -0.431. The van der Waals surface area contributed by atoms with Gasteiger partial charge in [-0.1, -0.05) is 12.1 Å². The van der Waals surface area contributed by atoms with Crippen LogP contribution >= 0.6 is 0 Å². The summed E-state index contributed by atoms with van der Waals surface area (Å²) in [6.07, 6.45) is 0. The van der Waals surface area contributed by atoms with Gasteiger partial charge in [0.05, 0.1) is 7.11 Å². The number of benzene rings is 2. The lowest BCUT2D eigenvalue weighted by molar-refractivity contribution is 0.414. The number of methoxy groups -OCH3 is 1. The van der Waals surface area contributed by atoms with Crippen molar-refractivity contribution in [1.82, 2.24) is 4.72 Å². The molecule has 3 N–H and O–H groups in total. The zero-order chi connectivity index (χ0) is 15.5. The van der Waals surface area contributed by atoms with Crippen LogP contribution in [-0.4, -0.2) is 15.5 Å². The van der Waals surface area contributed by atoms with Crippen molar-refractivity contribution in [2.24, 2.45) is 0 Å². The maximum Gasteiger partial charge on any atom is 0.243 e. The monoisotopic (exact) mass is 310 g/mol. The van der Waals surface area contributed by atoms with Crippen molar-refractivity contribution in [3.63, 3.8) is 0 Å². The van der Waals surface area contributed by atoms with Crippen LogP contribution in [0.5, 0.6) is 5.75 Å². The van der Waals surface area contributed by atoms with Crippen LogP contribution in [0.3, 0.4) is 0 Å². The molecule has 0 amide bonds. The van der Waals surface area contributed by atoms with Crippen molar-refractivity contribution in [3.8, 4) is 5.75 Å². The van der Waals surface area contributed by atoms with Crippen LogP contribution < -0.4 is 15.2 Å². The van der Waals surface area contributed by atoms with Gasteiger partial charge < -0.3 is 10.5 Å². The highest BCUT2D eigenvalue weighted by atomic mass is 32.2. The molecule has 0 aliphatic carbocycles. The second-order valence-corrected chi connectivity index (χ2v) is 6.10. The molecule has 2 aromatic carbocycles. The molecule has 0 saturated heterocycles. The number of nitrogens with two attached hydrogens (primary N) is 1. The van der Waals surface area contributed by atoms with Gasteiger partial charge in [-0.15, -0.1) is 0 Å². The van der Waals surface area contributed by atoms with Gasteiger partial charge in [-0.2, -0.15) is 0 Å². The third-order valence-electron chi connectivity index (χ3n) is 2.85. The number of sulfonamides is 1. The molecule has 0 aliphatic heterocycles. The highest BCUT2D eigenvalue weighted by Crippen LogP contribution is 2.18. The first kappa shape index (κ1) is 15.3. The Labute approximate surface area is 122 Å². The van der Waals surface area contributed by atoms with Crippen LogP contribution in [-0.2, 0) is 16.6 Å². The fourth-order valence-electron chi connectivity index (χ4n) is 1.77. The quantitative estimate of drug-likeness (QED) is 0.826. The first-order valence-electron chi connectivity index (χ1n) is 6.10. The average molecular weight is 310 g/mol. The predicted octanol–water partition coefficient (Wildman–Crippen LogP) is 1.90. The lowest BCUT2D eigenvalue weighted by Gasteiger charge is -2.09. The van der Waals surface area contributed by atoms with Crippen LogP contribution in [0.2, 0.25) is 0 Å². The second-order valence-electron chi connectivity index (χ2n) is 4.37. The maximum atomic E-state index is 13.7. The third kappa shape index (κ3) is 3.71. The normalized spacial score (nSPS) is 11.3. The smallest absolute Gasteiger partial charge is 0.243 e. The van der Waals surface area contributed by atoms with E-state index in [2.05, 4.69) is 4.72 Å². The maximum absolute atomic E-state index is 13.7. The summed E-state index contributed by atoms with van der Waals surface area (Å²) in [5.41, 5.74) is 6.27. The molecule has 0 bridgehead atoms. The molecular formula is C14H15FN2O3S. The highest BCUT2D eigenvalue weighted by Gasteiger charge is 2.18. The fraction of sp³-hybridized carbons (Fsp3) is 0.143. The summed E-state index contributed by atoms with van der Waals surface area (Å²) in [6, 6.07) is 10.4. The van der Waals surface area contributed by atoms with E-state index in [-0.39, 0.29) is 12.2 Å². The Balaban J connectivity index is 2.17. The van der Waals surface area contributed by atoms with E-state index < -0.39 is 20.7 Å². The topological polar surface area (TPSA) is 81.4 Å². The van der Waals surface area contributed by atoms with E-state index in [0.717, 1.165) is 12.1 Å². The van der Waals surface area contributed by atoms with Crippen LogP contribution in [0.4, 0.5) is 10.1 Å². The van der Waals surface area contributed by atoms with E-state index in [0.29, 0.717) is 11.3 Å². The lowest BCUT2D eigenvalue weighted by Crippen LogP contribution is -2.24. The summed E-state index contributed by atoms with van der Waals surface area (Å²) < 4.78 is 45.2. The molecule has 0 aromatic heterocycles. The molecule has 0 atom stereocenters. The van der Waals surface area contributed by atoms with Crippen molar-refractivity contribution in [2.75, 3.05) is 12.8 Å². The molecule has 112 valence electrons. The van der Waals surface area contributed by atoms with Gasteiger partial charge in [0, 0.05) is 12.2 Å². The zero-order valence-corrected chi connectivity index (χ0v) is 12.2. The van der Waals surface area contributed by atoms with E-state index in [9.17, 15) is 12.8 Å². The Morgan fingerprint density at radius 3 is 2.67 bits per heavy atom. The first-order chi connectivity index (χ1) is 9.92. The van der Waals surface area contributed by atoms with Gasteiger partial charge in [0.25, 0.3) is 0 Å². The first-order valence-corrected chi connectivity index (χ1v) is 7.58. The Morgan fingerprint density at radius 2 is 2.00 bits per heavy atom. The van der Waals surface area contributed by atoms with Gasteiger partial charge in [-0.25, -0.2) is 17.5 Å². The van der Waals surface area contributed by atoms with Crippen LogP contribution in [0.1, 0.15) is 5.56 Å². The highest BCUT2D eigenvalue weighted by molar-refractivity contribution is 7.89. The number of anilines is 1. The minimum atomic E-state index is -3.95. The van der Waals surface area contributed by atoms with Gasteiger partial charge in [-0.3, -0.25) is 0 Å². The van der Waals surface area contributed by atoms with Gasteiger partial charge in [0.15, 0.2) is 0 Å². The third-order valence-corrected chi connectivity index (χ3v) is 4.28. The minimum Gasteiger partial charge on any atom is -0.497 e. The number of hydrogen-bond donors (Lipinski definition) is 2. The van der Waals surface area contributed by atoms with Gasteiger partial charge in [0.1, 0.15) is 16.5 Å². The molecule has 2 rings (SSSR count). The van der Waals surface area contributed by atoms with Crippen molar-refractivity contribution in [2.45, 2.75) is 11.4 Å². The Morgan fingerprint density at radius 1 is 1.24 bits per heavy atom. The summed E-state index contributed by atoms with van der Waals surface area (Å²) in [7, 11) is -2.43. The largest absolute Gasteiger partial charge is 0.497 e. The molecule has 0 aliphatic rings. The molecule has 7 heteroatoms. The summed E-state index contributed by atoms with van der Waals surface area (Å²) in [5, 5.41) is 0. The number of rotatable bonds is 5. The van der Waals surface area contributed by atoms with Crippen LogP contribution in [0, 0.1) is 5.82 Å². The fourth-order valence-corrected chi connectivity index (χ4v) is 2.85. The second kappa shape index (κ2) is 6.11. The minimum absolute atomic E-state index is 0.0311. The van der Waals surface area contributed by atoms with E-state index >= 15 is 0 Å². The number of nitrogen functional groups attached to an aromatic ring is 1. The summed E-state index contributed by atoms with van der Waals surface area (Å²) >= 11 is 0. The number of hydrogen-bond acceptors (Lipinski definition) is 4. The van der Waals surface area contributed by atoms with E-state index in [1.807, 2.05) is 0 Å². The van der Waals surface area contributed by atoms with E-state index in [1.165, 1.54) is 13.2 Å².